The number of carboxylic acids is 1. The largest absolute Gasteiger partial charge is 0.548 e. The van der Waals surface area contributed by atoms with E-state index in [0.29, 0.717) is 15.8 Å². The van der Waals surface area contributed by atoms with Crippen molar-refractivity contribution in [2.45, 2.75) is 11.8 Å². The van der Waals surface area contributed by atoms with Crippen LogP contribution < -0.4 is 10.0 Å². The van der Waals surface area contributed by atoms with Gasteiger partial charge in [0.15, 0.2) is 0 Å². The van der Waals surface area contributed by atoms with Gasteiger partial charge in [0.25, 0.3) is 5.91 Å². The minimum absolute atomic E-state index is 0.115. The number of carbonyl (C=O) groups is 2. The molecule has 1 amide bonds. The van der Waals surface area contributed by atoms with Crippen LogP contribution in [0.5, 0.6) is 0 Å². The van der Waals surface area contributed by atoms with E-state index in [1.165, 1.54) is 23.5 Å². The Morgan fingerprint density at radius 3 is 2.67 bits per heavy atom. The highest BCUT2D eigenvalue weighted by Gasteiger charge is 2.30. The van der Waals surface area contributed by atoms with Crippen molar-refractivity contribution in [2.75, 3.05) is 18.0 Å². The number of benzene rings is 1. The van der Waals surface area contributed by atoms with E-state index < -0.39 is 5.97 Å². The summed E-state index contributed by atoms with van der Waals surface area (Å²) in [7, 11) is 0. The Morgan fingerprint density at radius 1 is 1.25 bits per heavy atom. The summed E-state index contributed by atoms with van der Waals surface area (Å²) in [6.07, 6.45) is 3.46. The fourth-order valence-corrected chi connectivity index (χ4v) is 4.79. The summed E-state index contributed by atoms with van der Waals surface area (Å²) in [5, 5.41) is 11.8. The number of hydrogen-bond acceptors (Lipinski definition) is 7. The Bertz CT molecular complexity index is 789. The Kier molecular flexibility index (Phi) is 4.98. The number of thioether (sulfide) groups is 2. The first-order valence-corrected chi connectivity index (χ1v) is 9.25. The van der Waals surface area contributed by atoms with Gasteiger partial charge in [-0.1, -0.05) is 47.9 Å². The standard InChI is InChI=1S/C16H14N2O3S3/c1-2-17-15(21)12(24-16(17)22)7-8-13-18(9-14(19)20)10-5-3-4-6-11(10)23-13/h3-8H,2,9H2,1H3,(H,19,20)/p-1/b12-7-,13-8-. The van der Waals surface area contributed by atoms with Crippen molar-refractivity contribution in [3.05, 3.63) is 46.4 Å². The number of anilines is 1. The van der Waals surface area contributed by atoms with Crippen molar-refractivity contribution in [3.63, 3.8) is 0 Å². The third-order valence-electron chi connectivity index (χ3n) is 3.49. The molecule has 1 aromatic carbocycles. The number of rotatable bonds is 4. The van der Waals surface area contributed by atoms with Crippen LogP contribution in [0, 0.1) is 0 Å². The van der Waals surface area contributed by atoms with Gasteiger partial charge < -0.3 is 14.8 Å². The molecule has 3 rings (SSSR count). The second-order valence-electron chi connectivity index (χ2n) is 4.98. The van der Waals surface area contributed by atoms with Crippen LogP contribution in [0.1, 0.15) is 6.92 Å². The van der Waals surface area contributed by atoms with Gasteiger partial charge >= 0.3 is 0 Å². The summed E-state index contributed by atoms with van der Waals surface area (Å²) < 4.78 is 0.543. The molecule has 0 spiro atoms. The van der Waals surface area contributed by atoms with Gasteiger partial charge in [0.2, 0.25) is 0 Å². The zero-order chi connectivity index (χ0) is 17.3. The van der Waals surface area contributed by atoms with Gasteiger partial charge in [-0.3, -0.25) is 9.69 Å². The van der Waals surface area contributed by atoms with Crippen molar-refractivity contribution in [2.24, 2.45) is 0 Å². The van der Waals surface area contributed by atoms with Crippen LogP contribution in [0.2, 0.25) is 0 Å². The predicted octanol–water partition coefficient (Wildman–Crippen LogP) is 1.95. The minimum atomic E-state index is -1.16. The van der Waals surface area contributed by atoms with Gasteiger partial charge in [0.1, 0.15) is 4.32 Å². The minimum Gasteiger partial charge on any atom is -0.548 e. The van der Waals surface area contributed by atoms with Gasteiger partial charge in [0.05, 0.1) is 28.1 Å². The van der Waals surface area contributed by atoms with Gasteiger partial charge in [-0.15, -0.1) is 0 Å². The number of allylic oxidation sites excluding steroid dienone is 2. The van der Waals surface area contributed by atoms with Crippen molar-refractivity contribution in [1.29, 1.82) is 0 Å². The number of para-hydroxylation sites is 1. The first-order chi connectivity index (χ1) is 11.5. The van der Waals surface area contributed by atoms with E-state index in [0.717, 1.165) is 15.6 Å². The molecule has 0 saturated carbocycles. The summed E-state index contributed by atoms with van der Waals surface area (Å²) in [6.45, 7) is 2.17. The normalized spacial score (nSPS) is 20.4. The second-order valence-corrected chi connectivity index (χ2v) is 7.72. The second kappa shape index (κ2) is 7.00. The Labute approximate surface area is 153 Å². The molecule has 1 aromatic rings. The quantitative estimate of drug-likeness (QED) is 0.587. The SMILES string of the molecule is CCN1C(=O)/C(=C/C=C2\Sc3ccccc3N2CC(=O)[O-])SC1=S. The fourth-order valence-electron chi connectivity index (χ4n) is 2.40. The van der Waals surface area contributed by atoms with Crippen molar-refractivity contribution >= 4 is 57.6 Å². The third-order valence-corrected chi connectivity index (χ3v) is 6.02. The molecule has 0 N–H and O–H groups in total. The Balaban J connectivity index is 1.90. The number of aliphatic carboxylic acids is 1. The molecule has 2 heterocycles. The first kappa shape index (κ1) is 17.1. The monoisotopic (exact) mass is 377 g/mol. The lowest BCUT2D eigenvalue weighted by Gasteiger charge is -2.20. The lowest BCUT2D eigenvalue weighted by Crippen LogP contribution is -2.36. The molecule has 0 atom stereocenters. The first-order valence-electron chi connectivity index (χ1n) is 7.21. The van der Waals surface area contributed by atoms with Gasteiger partial charge in [-0.2, -0.15) is 0 Å². The maximum absolute atomic E-state index is 12.2. The maximum atomic E-state index is 12.2. The van der Waals surface area contributed by atoms with Crippen molar-refractivity contribution in [1.82, 2.24) is 4.90 Å². The van der Waals surface area contributed by atoms with E-state index >= 15 is 0 Å². The molecule has 0 radical (unpaired) electrons. The zero-order valence-electron chi connectivity index (χ0n) is 12.7. The van der Waals surface area contributed by atoms with Crippen LogP contribution in [-0.2, 0) is 9.59 Å². The highest BCUT2D eigenvalue weighted by atomic mass is 32.2. The summed E-state index contributed by atoms with van der Waals surface area (Å²) >= 11 is 7.90. The smallest absolute Gasteiger partial charge is 0.266 e. The predicted molar refractivity (Wildman–Crippen MR) is 98.4 cm³/mol. The maximum Gasteiger partial charge on any atom is 0.266 e. The number of amides is 1. The molecule has 5 nitrogen and oxygen atoms in total. The summed E-state index contributed by atoms with van der Waals surface area (Å²) in [4.78, 5) is 28.0. The topological polar surface area (TPSA) is 63.7 Å². The number of nitrogens with zero attached hydrogens (tertiary/aromatic N) is 2. The number of carboxylic acid groups (broad SMARTS) is 1. The molecule has 0 aliphatic carbocycles. The van der Waals surface area contributed by atoms with E-state index in [-0.39, 0.29) is 12.5 Å². The average Bonchev–Trinajstić information content (AvgIpc) is 3.02. The van der Waals surface area contributed by atoms with Gasteiger partial charge in [-0.05, 0) is 31.2 Å². The molecule has 1 saturated heterocycles. The number of hydrogen-bond donors (Lipinski definition) is 0. The number of thiocarbonyl (C=S) groups is 1. The molecule has 1 fully saturated rings. The molecule has 24 heavy (non-hydrogen) atoms. The molecule has 124 valence electrons. The van der Waals surface area contributed by atoms with E-state index in [9.17, 15) is 14.7 Å². The number of likely N-dealkylation sites (N-methyl/N-ethyl adjacent to an activating group) is 1. The lowest BCUT2D eigenvalue weighted by molar-refractivity contribution is -0.303. The van der Waals surface area contributed by atoms with Crippen molar-refractivity contribution < 1.29 is 14.7 Å². The van der Waals surface area contributed by atoms with E-state index in [1.54, 1.807) is 22.0 Å². The lowest BCUT2D eigenvalue weighted by atomic mass is 10.3. The Hall–Kier alpha value is -1.77. The molecule has 8 heteroatoms. The third kappa shape index (κ3) is 3.22. The van der Waals surface area contributed by atoms with Crippen LogP contribution >= 0.6 is 35.7 Å². The number of fused-ring (bicyclic) bond motifs is 1. The van der Waals surface area contributed by atoms with Gasteiger partial charge in [-0.25, -0.2) is 0 Å². The van der Waals surface area contributed by atoms with Crippen molar-refractivity contribution in [3.8, 4) is 0 Å². The summed E-state index contributed by atoms with van der Waals surface area (Å²) in [6, 6.07) is 7.55. The molecule has 0 bridgehead atoms. The van der Waals surface area contributed by atoms with E-state index in [4.69, 9.17) is 12.2 Å². The number of carbonyl (C=O) groups excluding carboxylic acids is 2. The highest BCUT2D eigenvalue weighted by molar-refractivity contribution is 8.26. The van der Waals surface area contributed by atoms with Crippen LogP contribution in [0.25, 0.3) is 0 Å². The molecule has 2 aliphatic rings. The molecule has 2 aliphatic heterocycles. The van der Waals surface area contributed by atoms with Gasteiger partial charge in [0, 0.05) is 11.4 Å². The van der Waals surface area contributed by atoms with Crippen LogP contribution in [0.3, 0.4) is 0 Å². The van der Waals surface area contributed by atoms with Crippen LogP contribution in [0.15, 0.2) is 51.2 Å². The molecule has 0 unspecified atom stereocenters. The molecular weight excluding hydrogens is 364 g/mol. The van der Waals surface area contributed by atoms with E-state index in [1.807, 2.05) is 31.2 Å². The molecular formula is C16H13N2O3S3-. The van der Waals surface area contributed by atoms with Crippen LogP contribution in [-0.4, -0.2) is 34.2 Å². The highest BCUT2D eigenvalue weighted by Crippen LogP contribution is 2.45. The summed E-state index contributed by atoms with van der Waals surface area (Å²) in [5.74, 6) is -1.27. The molecule has 0 aromatic heterocycles. The van der Waals surface area contributed by atoms with E-state index in [2.05, 4.69) is 0 Å². The fraction of sp³-hybridized carbons (Fsp3) is 0.188. The van der Waals surface area contributed by atoms with Crippen LogP contribution in [0.4, 0.5) is 5.69 Å². The Morgan fingerprint density at radius 2 is 2.00 bits per heavy atom. The zero-order valence-corrected chi connectivity index (χ0v) is 15.2. The summed E-state index contributed by atoms with van der Waals surface area (Å²) in [5.41, 5.74) is 0.826. The average molecular weight is 377 g/mol.